The number of rotatable bonds is 24. The zero-order chi connectivity index (χ0) is 52.8. The minimum Gasteiger partial charge on any atom is -0.489 e. The number of amides is 1. The van der Waals surface area contributed by atoms with Gasteiger partial charge in [-0.2, -0.15) is 0 Å². The predicted octanol–water partition coefficient (Wildman–Crippen LogP) is 13.4. The van der Waals surface area contributed by atoms with Gasteiger partial charge in [0.15, 0.2) is 5.78 Å². The molecule has 0 radical (unpaired) electrons. The fraction of sp³-hybridized carbons (Fsp3) is 0.254. The minimum atomic E-state index is -0.622. The molecule has 2 unspecified atom stereocenters. The van der Waals surface area contributed by atoms with E-state index in [1.807, 2.05) is 176 Å². The lowest BCUT2D eigenvalue weighted by molar-refractivity contribution is -0.272. The molecular weight excluding hydrogens is 966 g/mol. The number of hydrogen-bond acceptors (Lipinski definition) is 8. The van der Waals surface area contributed by atoms with Gasteiger partial charge in [0, 0.05) is 29.7 Å². The highest BCUT2D eigenvalue weighted by Gasteiger charge is 2.51. The molecule has 2 aliphatic rings. The van der Waals surface area contributed by atoms with Crippen molar-refractivity contribution in [2.75, 3.05) is 11.5 Å². The van der Waals surface area contributed by atoms with E-state index in [0.717, 1.165) is 50.2 Å². The van der Waals surface area contributed by atoms with Crippen molar-refractivity contribution < 1.29 is 42.4 Å². The average molecular weight is 1030 g/mol. The SMILES string of the molecule is Cc1ccc(N2C(=O)[C@H](CCC(=O)c3ccc(F)cc3)[C@H]2c2ccc(C[C@@H]3OC(COCc4ccccc4)[C@H](OCc4ccccc4)[C@H](OCc4ccccc4)C3OCc3ccccc3)cc2OCc2ccccc2)cc1. The lowest BCUT2D eigenvalue weighted by Crippen LogP contribution is -2.61. The topological polar surface area (TPSA) is 92.8 Å². The van der Waals surface area contributed by atoms with Gasteiger partial charge in [0.05, 0.1) is 51.1 Å². The Morgan fingerprint density at radius 1 is 0.532 bits per heavy atom. The number of benzene rings is 8. The third kappa shape index (κ3) is 13.7. The summed E-state index contributed by atoms with van der Waals surface area (Å²) in [6.07, 6.45) is -2.16. The number of β-lactam (4-membered cyclic amide) rings is 1. The van der Waals surface area contributed by atoms with Gasteiger partial charge in [-0.3, -0.25) is 9.59 Å². The van der Waals surface area contributed by atoms with Gasteiger partial charge < -0.3 is 33.3 Å². The van der Waals surface area contributed by atoms with Crippen molar-refractivity contribution in [3.8, 4) is 5.75 Å². The van der Waals surface area contributed by atoms with Crippen LogP contribution < -0.4 is 9.64 Å². The van der Waals surface area contributed by atoms with E-state index in [-0.39, 0.29) is 31.3 Å². The van der Waals surface area contributed by atoms with Crippen LogP contribution in [0.15, 0.2) is 218 Å². The van der Waals surface area contributed by atoms with Gasteiger partial charge >= 0.3 is 0 Å². The molecule has 2 fully saturated rings. The first-order valence-electron chi connectivity index (χ1n) is 26.5. The summed E-state index contributed by atoms with van der Waals surface area (Å²) >= 11 is 0. The summed E-state index contributed by atoms with van der Waals surface area (Å²) in [5, 5.41) is 0. The molecule has 2 aliphatic heterocycles. The summed E-state index contributed by atoms with van der Waals surface area (Å²) in [4.78, 5) is 29.8. The number of nitrogens with zero attached hydrogens (tertiary/aromatic N) is 1. The van der Waals surface area contributed by atoms with Crippen LogP contribution in [-0.2, 0) is 67.9 Å². The standard InChI is InChI=1S/C67H64FNO8/c1-47-27-34-56(35-28-47)69-63(58(67(69)71)37-38-59(70)54-30-32-55(68)33-31-54)57-36-29-53(39-60(57)73-42-49-19-9-3-10-20-49)40-61-64(74-43-50-21-11-4-12-22-50)66(76-45-52-25-15-6-16-26-52)65(75-44-51-23-13-5-14-24-51)62(77-61)46-72-41-48-17-7-2-8-18-48/h2-36,39,58,61-66H,37-38,40-46H2,1H3/t58-,61+,62?,63-,64?,65+,66-/m1/s1. The van der Waals surface area contributed by atoms with E-state index in [9.17, 15) is 14.0 Å². The summed E-state index contributed by atoms with van der Waals surface area (Å²) in [6.45, 7) is 3.83. The molecule has 392 valence electrons. The first-order valence-corrected chi connectivity index (χ1v) is 26.5. The van der Waals surface area contributed by atoms with Crippen LogP contribution in [0, 0.1) is 18.7 Å². The number of ether oxygens (including phenoxy) is 6. The van der Waals surface area contributed by atoms with Crippen molar-refractivity contribution in [3.63, 3.8) is 0 Å². The summed E-state index contributed by atoms with van der Waals surface area (Å²) in [5.74, 6) is -0.571. The molecule has 1 amide bonds. The zero-order valence-corrected chi connectivity index (χ0v) is 43.3. The van der Waals surface area contributed by atoms with Crippen LogP contribution in [0.1, 0.15) is 73.7 Å². The van der Waals surface area contributed by atoms with Gasteiger partial charge in [0.25, 0.3) is 0 Å². The highest BCUT2D eigenvalue weighted by Crippen LogP contribution is 2.49. The molecule has 10 rings (SSSR count). The van der Waals surface area contributed by atoms with E-state index in [1.165, 1.54) is 24.3 Å². The maximum Gasteiger partial charge on any atom is 0.233 e. The number of carbonyl (C=O) groups is 2. The highest BCUT2D eigenvalue weighted by atomic mass is 19.1. The number of Topliss-reactive ketones (excluding diaryl/α,β-unsaturated/α-hetero) is 1. The molecule has 0 aliphatic carbocycles. The Balaban J connectivity index is 1.02. The molecule has 8 aromatic rings. The van der Waals surface area contributed by atoms with E-state index in [2.05, 4.69) is 30.3 Å². The van der Waals surface area contributed by atoms with Gasteiger partial charge in [-0.05, 0) is 89.2 Å². The van der Waals surface area contributed by atoms with Crippen LogP contribution in [0.25, 0.3) is 0 Å². The Morgan fingerprint density at radius 2 is 1.03 bits per heavy atom. The Labute approximate surface area is 451 Å². The molecule has 8 aromatic carbocycles. The second-order valence-corrected chi connectivity index (χ2v) is 19.9. The molecule has 7 atom stereocenters. The normalized spacial score (nSPS) is 20.1. The molecule has 9 nitrogen and oxygen atoms in total. The Kier molecular flexibility index (Phi) is 17.8. The van der Waals surface area contributed by atoms with Gasteiger partial charge in [-0.25, -0.2) is 4.39 Å². The van der Waals surface area contributed by atoms with Crippen molar-refractivity contribution in [2.45, 2.75) is 95.8 Å². The van der Waals surface area contributed by atoms with Gasteiger partial charge in [-0.1, -0.05) is 181 Å². The van der Waals surface area contributed by atoms with Gasteiger partial charge in [0.2, 0.25) is 5.91 Å². The third-order valence-corrected chi connectivity index (χ3v) is 14.4. The third-order valence-electron chi connectivity index (χ3n) is 14.4. The number of halogens is 1. The lowest BCUT2D eigenvalue weighted by atomic mass is 9.77. The van der Waals surface area contributed by atoms with Crippen molar-refractivity contribution in [1.82, 2.24) is 0 Å². The number of ketones is 1. The quantitative estimate of drug-likeness (QED) is 0.0436. The fourth-order valence-corrected chi connectivity index (χ4v) is 10.3. The van der Waals surface area contributed by atoms with Crippen LogP contribution in [0.2, 0.25) is 0 Å². The lowest BCUT2D eigenvalue weighted by Gasteiger charge is -2.48. The monoisotopic (exact) mass is 1030 g/mol. The van der Waals surface area contributed by atoms with Crippen LogP contribution in [-0.4, -0.2) is 48.8 Å². The smallest absolute Gasteiger partial charge is 0.233 e. The summed E-state index contributed by atoms with van der Waals surface area (Å²) in [7, 11) is 0. The van der Waals surface area contributed by atoms with Crippen molar-refractivity contribution in [2.24, 2.45) is 5.92 Å². The maximum absolute atomic E-state index is 14.4. The molecule has 0 bridgehead atoms. The van der Waals surface area contributed by atoms with Crippen LogP contribution in [0.4, 0.5) is 10.1 Å². The predicted molar refractivity (Wildman–Crippen MR) is 296 cm³/mol. The summed E-state index contributed by atoms with van der Waals surface area (Å²) < 4.78 is 55.7. The molecule has 10 heteroatoms. The van der Waals surface area contributed by atoms with Crippen molar-refractivity contribution in [3.05, 3.63) is 274 Å². The number of carbonyl (C=O) groups excluding carboxylic acids is 2. The summed E-state index contributed by atoms with van der Waals surface area (Å²) in [6, 6.07) is 69.6. The number of hydrogen-bond donors (Lipinski definition) is 0. The summed E-state index contributed by atoms with van der Waals surface area (Å²) in [5.41, 5.74) is 9.02. The molecule has 0 saturated carbocycles. The van der Waals surface area contributed by atoms with Crippen LogP contribution >= 0.6 is 0 Å². The number of anilines is 1. The highest BCUT2D eigenvalue weighted by molar-refractivity contribution is 6.04. The van der Waals surface area contributed by atoms with Crippen LogP contribution in [0.3, 0.4) is 0 Å². The second-order valence-electron chi connectivity index (χ2n) is 19.9. The fourth-order valence-electron chi connectivity index (χ4n) is 10.3. The van der Waals surface area contributed by atoms with Crippen molar-refractivity contribution >= 4 is 17.4 Å². The molecule has 2 heterocycles. The second kappa shape index (κ2) is 26.0. The molecule has 0 N–H and O–H groups in total. The first kappa shape index (κ1) is 52.9. The first-order chi connectivity index (χ1) is 37.8. The minimum absolute atomic E-state index is 0.0797. The van der Waals surface area contributed by atoms with E-state index >= 15 is 0 Å². The van der Waals surface area contributed by atoms with E-state index < -0.39 is 48.3 Å². The van der Waals surface area contributed by atoms with E-state index in [4.69, 9.17) is 28.4 Å². The maximum atomic E-state index is 14.4. The molecule has 2 saturated heterocycles. The number of aryl methyl sites for hydroxylation is 1. The van der Waals surface area contributed by atoms with Crippen molar-refractivity contribution in [1.29, 1.82) is 0 Å². The zero-order valence-electron chi connectivity index (χ0n) is 43.3. The molecule has 0 aromatic heterocycles. The Hall–Kier alpha value is -7.57. The molecule has 77 heavy (non-hydrogen) atoms. The van der Waals surface area contributed by atoms with E-state index in [1.54, 1.807) is 0 Å². The Morgan fingerprint density at radius 3 is 1.57 bits per heavy atom. The average Bonchev–Trinajstić information content (AvgIpc) is 3.54. The molecule has 0 spiro atoms. The molecular formula is C67H64FNO8. The van der Waals surface area contributed by atoms with E-state index in [0.29, 0.717) is 50.6 Å². The largest absolute Gasteiger partial charge is 0.489 e. The van der Waals surface area contributed by atoms with Gasteiger partial charge in [0.1, 0.15) is 42.6 Å². The Bertz CT molecular complexity index is 3110. The van der Waals surface area contributed by atoms with Crippen LogP contribution in [0.5, 0.6) is 5.75 Å². The van der Waals surface area contributed by atoms with Gasteiger partial charge in [-0.15, -0.1) is 0 Å².